The van der Waals surface area contributed by atoms with Crippen LogP contribution in [-0.4, -0.2) is 52.8 Å². The van der Waals surface area contributed by atoms with Crippen LogP contribution in [0, 0.1) is 28.9 Å². The Morgan fingerprint density at radius 2 is 2.12 bits per heavy atom. The molecule has 2 amide bonds. The smallest absolute Gasteiger partial charge is 0.270 e. The molecule has 2 heterocycles. The molecule has 1 saturated heterocycles. The van der Waals surface area contributed by atoms with E-state index in [2.05, 4.69) is 11.1 Å². The Bertz CT molecular complexity index is 918. The Kier molecular flexibility index (Phi) is 4.64. The third-order valence-electron chi connectivity index (χ3n) is 4.58. The van der Waals surface area contributed by atoms with Gasteiger partial charge in [0.1, 0.15) is 23.4 Å². The quantitative estimate of drug-likeness (QED) is 0.912. The first kappa shape index (κ1) is 17.9. The highest BCUT2D eigenvalue weighted by Crippen LogP contribution is 2.23. The van der Waals surface area contributed by atoms with Crippen LogP contribution in [0.15, 0.2) is 18.2 Å². The fourth-order valence-electron chi connectivity index (χ4n) is 3.29. The molecule has 1 aliphatic heterocycles. The average molecular weight is 360 g/mol. The number of halogens is 2. The van der Waals surface area contributed by atoms with E-state index in [1.54, 1.807) is 0 Å². The Balaban J connectivity index is 1.75. The minimum absolute atomic E-state index is 0.0615. The summed E-state index contributed by atoms with van der Waals surface area (Å²) in [5, 5.41) is 9.26. The number of likely N-dealkylation sites (tertiary alicyclic amines) is 1. The number of amides is 2. The van der Waals surface area contributed by atoms with Crippen LogP contribution in [0.2, 0.25) is 0 Å². The molecule has 0 saturated carbocycles. The molecule has 2 aromatic rings. The van der Waals surface area contributed by atoms with Gasteiger partial charge in [-0.1, -0.05) is 6.92 Å². The fraction of sp³-hybridized carbons (Fsp3) is 0.389. The van der Waals surface area contributed by atoms with Crippen molar-refractivity contribution in [2.24, 2.45) is 5.92 Å². The second kappa shape index (κ2) is 6.75. The van der Waals surface area contributed by atoms with E-state index in [1.165, 1.54) is 22.9 Å². The molecule has 8 heteroatoms. The zero-order chi connectivity index (χ0) is 19.0. The summed E-state index contributed by atoms with van der Waals surface area (Å²) in [7, 11) is 1.45. The van der Waals surface area contributed by atoms with Crippen molar-refractivity contribution in [1.82, 2.24) is 14.8 Å². The number of likely N-dealkylation sites (N-methyl/N-ethyl adjacent to an activating group) is 1. The van der Waals surface area contributed by atoms with Crippen LogP contribution in [0.3, 0.4) is 0 Å². The van der Waals surface area contributed by atoms with Gasteiger partial charge in [0.25, 0.3) is 5.91 Å². The van der Waals surface area contributed by atoms with Gasteiger partial charge in [0.05, 0.1) is 18.1 Å². The number of carbonyl (C=O) groups is 2. The van der Waals surface area contributed by atoms with Gasteiger partial charge in [0, 0.05) is 25.0 Å². The SMILES string of the molecule is CC1CC(C#N)N(C(=O)CN(C)C(=O)c2cc3c(F)cc(F)cc3[nH]2)C1. The molecule has 0 aliphatic carbocycles. The van der Waals surface area contributed by atoms with E-state index in [9.17, 15) is 18.4 Å². The van der Waals surface area contributed by atoms with E-state index in [1.807, 2.05) is 6.92 Å². The highest BCUT2D eigenvalue weighted by molar-refractivity contribution is 5.99. The lowest BCUT2D eigenvalue weighted by Gasteiger charge is -2.23. The van der Waals surface area contributed by atoms with Gasteiger partial charge in [-0.05, 0) is 24.5 Å². The maximum atomic E-state index is 13.8. The molecule has 2 unspecified atom stereocenters. The summed E-state index contributed by atoms with van der Waals surface area (Å²) in [6.07, 6.45) is 0.618. The molecule has 2 atom stereocenters. The van der Waals surface area contributed by atoms with Crippen LogP contribution in [0.4, 0.5) is 8.78 Å². The largest absolute Gasteiger partial charge is 0.350 e. The van der Waals surface area contributed by atoms with E-state index in [0.717, 1.165) is 12.1 Å². The maximum Gasteiger partial charge on any atom is 0.270 e. The predicted octanol–water partition coefficient (Wildman–Crippen LogP) is 2.28. The number of nitrogens with zero attached hydrogens (tertiary/aromatic N) is 3. The molecular weight excluding hydrogens is 342 g/mol. The molecular formula is C18H18F2N4O2. The van der Waals surface area contributed by atoms with E-state index in [0.29, 0.717) is 13.0 Å². The fourth-order valence-corrected chi connectivity index (χ4v) is 3.29. The minimum Gasteiger partial charge on any atom is -0.350 e. The van der Waals surface area contributed by atoms with Crippen molar-refractivity contribution in [1.29, 1.82) is 5.26 Å². The van der Waals surface area contributed by atoms with Crippen molar-refractivity contribution < 1.29 is 18.4 Å². The standard InChI is InChI=1S/C18H18F2N4O2/c1-10-3-12(7-21)24(8-10)17(25)9-23(2)18(26)16-6-13-14(20)4-11(19)5-15(13)22-16/h4-6,10,12,22H,3,8-9H2,1-2H3. The summed E-state index contributed by atoms with van der Waals surface area (Å²) in [6.45, 7) is 2.25. The second-order valence-electron chi connectivity index (χ2n) is 6.72. The van der Waals surface area contributed by atoms with Gasteiger partial charge < -0.3 is 14.8 Å². The molecule has 0 bridgehead atoms. The Morgan fingerprint density at radius 1 is 1.38 bits per heavy atom. The van der Waals surface area contributed by atoms with Crippen molar-refractivity contribution >= 4 is 22.7 Å². The summed E-state index contributed by atoms with van der Waals surface area (Å²) < 4.78 is 27.1. The van der Waals surface area contributed by atoms with Crippen LogP contribution in [0.5, 0.6) is 0 Å². The second-order valence-corrected chi connectivity index (χ2v) is 6.72. The van der Waals surface area contributed by atoms with Crippen LogP contribution in [-0.2, 0) is 4.79 Å². The van der Waals surface area contributed by atoms with Crippen molar-refractivity contribution in [3.8, 4) is 6.07 Å². The number of nitriles is 1. The van der Waals surface area contributed by atoms with E-state index in [-0.39, 0.29) is 35.0 Å². The first-order valence-corrected chi connectivity index (χ1v) is 8.22. The van der Waals surface area contributed by atoms with Crippen molar-refractivity contribution in [3.05, 3.63) is 35.5 Å². The molecule has 26 heavy (non-hydrogen) atoms. The number of rotatable bonds is 3. The number of H-pyrrole nitrogens is 1. The molecule has 1 aromatic carbocycles. The van der Waals surface area contributed by atoms with E-state index >= 15 is 0 Å². The Labute approximate surface area is 149 Å². The zero-order valence-corrected chi connectivity index (χ0v) is 14.4. The normalized spacial score (nSPS) is 19.6. The molecule has 1 aromatic heterocycles. The summed E-state index contributed by atoms with van der Waals surface area (Å²) >= 11 is 0. The average Bonchev–Trinajstić information content (AvgIpc) is 3.17. The van der Waals surface area contributed by atoms with Gasteiger partial charge in [-0.2, -0.15) is 5.26 Å². The number of nitrogens with one attached hydrogen (secondary N) is 1. The number of hydrogen-bond acceptors (Lipinski definition) is 3. The number of hydrogen-bond donors (Lipinski definition) is 1. The molecule has 3 rings (SSSR count). The lowest BCUT2D eigenvalue weighted by Crippen LogP contribution is -2.43. The summed E-state index contributed by atoms with van der Waals surface area (Å²) in [5.74, 6) is -2.11. The highest BCUT2D eigenvalue weighted by Gasteiger charge is 2.33. The van der Waals surface area contributed by atoms with Crippen molar-refractivity contribution in [2.75, 3.05) is 20.1 Å². The maximum absolute atomic E-state index is 13.8. The Morgan fingerprint density at radius 3 is 2.81 bits per heavy atom. The summed E-state index contributed by atoms with van der Waals surface area (Å²) in [5.41, 5.74) is 0.231. The minimum atomic E-state index is -0.767. The van der Waals surface area contributed by atoms with Gasteiger partial charge in [-0.25, -0.2) is 8.78 Å². The van der Waals surface area contributed by atoms with Crippen molar-refractivity contribution in [2.45, 2.75) is 19.4 Å². The predicted molar refractivity (Wildman–Crippen MR) is 90.1 cm³/mol. The monoisotopic (exact) mass is 360 g/mol. The number of carbonyl (C=O) groups excluding carboxylic acids is 2. The highest BCUT2D eigenvalue weighted by atomic mass is 19.1. The topological polar surface area (TPSA) is 80.2 Å². The van der Waals surface area contributed by atoms with Crippen LogP contribution < -0.4 is 0 Å². The molecule has 1 N–H and O–H groups in total. The lowest BCUT2D eigenvalue weighted by atomic mass is 10.1. The molecule has 1 aliphatic rings. The number of fused-ring (bicyclic) bond motifs is 1. The van der Waals surface area contributed by atoms with Gasteiger partial charge in [-0.15, -0.1) is 0 Å². The summed E-state index contributed by atoms with van der Waals surface area (Å²) in [6, 6.07) is 4.77. The third kappa shape index (κ3) is 3.25. The van der Waals surface area contributed by atoms with E-state index < -0.39 is 23.6 Å². The number of aromatic amines is 1. The Hall–Kier alpha value is -2.95. The van der Waals surface area contributed by atoms with Crippen LogP contribution >= 0.6 is 0 Å². The van der Waals surface area contributed by atoms with Crippen LogP contribution in [0.1, 0.15) is 23.8 Å². The molecule has 136 valence electrons. The number of aromatic nitrogens is 1. The first-order valence-electron chi connectivity index (χ1n) is 8.22. The lowest BCUT2D eigenvalue weighted by molar-refractivity contribution is -0.131. The summed E-state index contributed by atoms with van der Waals surface area (Å²) in [4.78, 5) is 30.3. The van der Waals surface area contributed by atoms with Gasteiger partial charge in [0.15, 0.2) is 0 Å². The number of benzene rings is 1. The van der Waals surface area contributed by atoms with E-state index in [4.69, 9.17) is 5.26 Å². The zero-order valence-electron chi connectivity index (χ0n) is 14.4. The van der Waals surface area contributed by atoms with Crippen LogP contribution in [0.25, 0.3) is 10.9 Å². The molecule has 0 radical (unpaired) electrons. The first-order chi connectivity index (χ1) is 12.3. The van der Waals surface area contributed by atoms with Gasteiger partial charge in [-0.3, -0.25) is 9.59 Å². The molecule has 6 nitrogen and oxygen atoms in total. The van der Waals surface area contributed by atoms with Crippen molar-refractivity contribution in [3.63, 3.8) is 0 Å². The van der Waals surface area contributed by atoms with Gasteiger partial charge >= 0.3 is 0 Å². The van der Waals surface area contributed by atoms with Gasteiger partial charge in [0.2, 0.25) is 5.91 Å². The molecule has 1 fully saturated rings. The molecule has 0 spiro atoms. The third-order valence-corrected chi connectivity index (χ3v) is 4.58.